The van der Waals surface area contributed by atoms with Crippen LogP contribution in [0.2, 0.25) is 0 Å². The highest BCUT2D eigenvalue weighted by molar-refractivity contribution is 5.67. The summed E-state index contributed by atoms with van der Waals surface area (Å²) in [6, 6.07) is 7.77. The Morgan fingerprint density at radius 1 is 1.19 bits per heavy atom. The standard InChI is InChI=1S/C17H23NO3/c1-17(2,3)21-16(19)18-13-7-5-6-8-14-9-11-15(20-4)12-10-14/h5-12H,13H2,1-4H3,(H,18,19)/b7-5+,8-6?. The quantitative estimate of drug-likeness (QED) is 0.839. The van der Waals surface area contributed by atoms with Crippen molar-refractivity contribution in [1.82, 2.24) is 5.32 Å². The highest BCUT2D eigenvalue weighted by Gasteiger charge is 2.14. The summed E-state index contributed by atoms with van der Waals surface area (Å²) < 4.78 is 10.2. The smallest absolute Gasteiger partial charge is 0.407 e. The number of hydrogen-bond donors (Lipinski definition) is 1. The predicted molar refractivity (Wildman–Crippen MR) is 85.4 cm³/mol. The molecular formula is C17H23NO3. The van der Waals surface area contributed by atoms with Crippen molar-refractivity contribution in [2.24, 2.45) is 0 Å². The fraction of sp³-hybridized carbons (Fsp3) is 0.353. The first-order valence-electron chi connectivity index (χ1n) is 6.85. The van der Waals surface area contributed by atoms with Crippen molar-refractivity contribution in [1.29, 1.82) is 0 Å². The van der Waals surface area contributed by atoms with Gasteiger partial charge in [-0.2, -0.15) is 0 Å². The molecule has 1 aromatic rings. The summed E-state index contributed by atoms with van der Waals surface area (Å²) in [6.07, 6.45) is 7.21. The summed E-state index contributed by atoms with van der Waals surface area (Å²) in [7, 11) is 1.64. The first kappa shape index (κ1) is 16.8. The molecule has 0 heterocycles. The van der Waals surface area contributed by atoms with Gasteiger partial charge in [-0.05, 0) is 38.5 Å². The number of amides is 1. The van der Waals surface area contributed by atoms with Crippen LogP contribution in [0.4, 0.5) is 4.79 Å². The van der Waals surface area contributed by atoms with Crippen molar-refractivity contribution in [3.8, 4) is 5.75 Å². The lowest BCUT2D eigenvalue weighted by Crippen LogP contribution is -2.32. The summed E-state index contributed by atoms with van der Waals surface area (Å²) in [5.41, 5.74) is 0.614. The van der Waals surface area contributed by atoms with E-state index in [9.17, 15) is 4.79 Å². The lowest BCUT2D eigenvalue weighted by atomic mass is 10.2. The van der Waals surface area contributed by atoms with Gasteiger partial charge in [0.1, 0.15) is 11.4 Å². The van der Waals surface area contributed by atoms with E-state index >= 15 is 0 Å². The minimum Gasteiger partial charge on any atom is -0.497 e. The van der Waals surface area contributed by atoms with Gasteiger partial charge in [0.15, 0.2) is 0 Å². The highest BCUT2D eigenvalue weighted by Crippen LogP contribution is 2.12. The van der Waals surface area contributed by atoms with E-state index in [4.69, 9.17) is 9.47 Å². The molecule has 21 heavy (non-hydrogen) atoms. The van der Waals surface area contributed by atoms with Crippen LogP contribution in [-0.4, -0.2) is 25.3 Å². The van der Waals surface area contributed by atoms with E-state index in [0.717, 1.165) is 11.3 Å². The molecule has 0 aliphatic rings. The molecule has 1 N–H and O–H groups in total. The van der Waals surface area contributed by atoms with Gasteiger partial charge in [-0.25, -0.2) is 4.79 Å². The van der Waals surface area contributed by atoms with Gasteiger partial charge in [0.2, 0.25) is 0 Å². The van der Waals surface area contributed by atoms with Crippen LogP contribution in [0.15, 0.2) is 42.5 Å². The molecule has 4 nitrogen and oxygen atoms in total. The van der Waals surface area contributed by atoms with Gasteiger partial charge >= 0.3 is 6.09 Å². The van der Waals surface area contributed by atoms with Gasteiger partial charge in [0.25, 0.3) is 0 Å². The van der Waals surface area contributed by atoms with Crippen LogP contribution in [0.1, 0.15) is 26.3 Å². The lowest BCUT2D eigenvalue weighted by Gasteiger charge is -2.19. The number of hydrogen-bond acceptors (Lipinski definition) is 3. The monoisotopic (exact) mass is 289 g/mol. The molecule has 0 aliphatic carbocycles. The number of rotatable bonds is 5. The summed E-state index contributed by atoms with van der Waals surface area (Å²) >= 11 is 0. The van der Waals surface area contributed by atoms with Gasteiger partial charge in [-0.3, -0.25) is 0 Å². The maximum atomic E-state index is 11.4. The van der Waals surface area contributed by atoms with Crippen LogP contribution >= 0.6 is 0 Å². The molecule has 0 atom stereocenters. The van der Waals surface area contributed by atoms with E-state index < -0.39 is 11.7 Å². The summed E-state index contributed by atoms with van der Waals surface area (Å²) in [4.78, 5) is 11.4. The third kappa shape index (κ3) is 7.82. The molecule has 0 saturated heterocycles. The van der Waals surface area contributed by atoms with Crippen LogP contribution in [0.3, 0.4) is 0 Å². The van der Waals surface area contributed by atoms with Gasteiger partial charge in [-0.1, -0.05) is 36.4 Å². The van der Waals surface area contributed by atoms with E-state index in [0.29, 0.717) is 6.54 Å². The molecule has 1 rings (SSSR count). The zero-order chi connectivity index (χ0) is 15.7. The number of benzene rings is 1. The number of carbonyl (C=O) groups is 1. The molecule has 4 heteroatoms. The lowest BCUT2D eigenvalue weighted by molar-refractivity contribution is 0.0534. The largest absolute Gasteiger partial charge is 0.497 e. The second-order valence-electron chi connectivity index (χ2n) is 5.44. The Morgan fingerprint density at radius 2 is 1.86 bits per heavy atom. The molecule has 0 spiro atoms. The molecule has 0 saturated carbocycles. The van der Waals surface area contributed by atoms with Crippen LogP contribution in [0.5, 0.6) is 5.75 Å². The molecule has 0 aromatic heterocycles. The number of nitrogens with one attached hydrogen (secondary N) is 1. The molecule has 1 aromatic carbocycles. The van der Waals surface area contributed by atoms with Gasteiger partial charge in [-0.15, -0.1) is 0 Å². The van der Waals surface area contributed by atoms with Crippen LogP contribution in [0, 0.1) is 0 Å². The first-order chi connectivity index (χ1) is 9.90. The average Bonchev–Trinajstić information content (AvgIpc) is 2.41. The van der Waals surface area contributed by atoms with Gasteiger partial charge in [0, 0.05) is 6.54 Å². The SMILES string of the molecule is COc1ccc(C=C/C=C/CNC(=O)OC(C)(C)C)cc1. The zero-order valence-corrected chi connectivity index (χ0v) is 13.1. The Hall–Kier alpha value is -2.23. The van der Waals surface area contributed by atoms with Gasteiger partial charge in [0.05, 0.1) is 7.11 Å². The fourth-order valence-corrected chi connectivity index (χ4v) is 1.48. The minimum atomic E-state index is -0.470. The topological polar surface area (TPSA) is 47.6 Å². The van der Waals surface area contributed by atoms with Crippen LogP contribution in [0.25, 0.3) is 6.08 Å². The van der Waals surface area contributed by atoms with Crippen LogP contribution < -0.4 is 10.1 Å². The fourth-order valence-electron chi connectivity index (χ4n) is 1.48. The Balaban J connectivity index is 2.31. The molecule has 0 radical (unpaired) electrons. The van der Waals surface area contributed by atoms with E-state index in [-0.39, 0.29) is 0 Å². The van der Waals surface area contributed by atoms with Crippen molar-refractivity contribution in [2.75, 3.05) is 13.7 Å². The summed E-state index contributed by atoms with van der Waals surface area (Å²) in [5.74, 6) is 0.837. The predicted octanol–water partition coefficient (Wildman–Crippen LogP) is 3.79. The highest BCUT2D eigenvalue weighted by atomic mass is 16.6. The van der Waals surface area contributed by atoms with Crippen molar-refractivity contribution in [3.63, 3.8) is 0 Å². The van der Waals surface area contributed by atoms with Crippen molar-refractivity contribution in [2.45, 2.75) is 26.4 Å². The summed E-state index contributed by atoms with van der Waals surface area (Å²) in [5, 5.41) is 2.65. The van der Waals surface area contributed by atoms with Crippen LogP contribution in [-0.2, 0) is 4.74 Å². The number of allylic oxidation sites excluding steroid dienone is 2. The Kier molecular flexibility index (Phi) is 6.53. The molecule has 1 amide bonds. The minimum absolute atomic E-state index is 0.411. The molecule has 0 fully saturated rings. The van der Waals surface area contributed by atoms with E-state index in [1.54, 1.807) is 7.11 Å². The zero-order valence-electron chi connectivity index (χ0n) is 13.1. The maximum absolute atomic E-state index is 11.4. The number of methoxy groups -OCH3 is 1. The Bertz CT molecular complexity index is 496. The van der Waals surface area contributed by atoms with Crippen molar-refractivity contribution < 1.29 is 14.3 Å². The second-order valence-corrected chi connectivity index (χ2v) is 5.44. The van der Waals surface area contributed by atoms with Crippen molar-refractivity contribution >= 4 is 12.2 Å². The first-order valence-corrected chi connectivity index (χ1v) is 6.85. The third-order valence-corrected chi connectivity index (χ3v) is 2.41. The normalized spacial score (nSPS) is 11.8. The van der Waals surface area contributed by atoms with E-state index in [2.05, 4.69) is 5.32 Å². The average molecular weight is 289 g/mol. The molecule has 114 valence electrons. The second kappa shape index (κ2) is 8.15. The molecular weight excluding hydrogens is 266 g/mol. The molecule has 0 aliphatic heterocycles. The number of carbonyl (C=O) groups excluding carboxylic acids is 1. The number of ether oxygens (including phenoxy) is 2. The van der Waals surface area contributed by atoms with Crippen molar-refractivity contribution in [3.05, 3.63) is 48.1 Å². The molecule has 0 bridgehead atoms. The third-order valence-electron chi connectivity index (χ3n) is 2.41. The van der Waals surface area contributed by atoms with Gasteiger partial charge < -0.3 is 14.8 Å². The maximum Gasteiger partial charge on any atom is 0.407 e. The van der Waals surface area contributed by atoms with E-state index in [1.807, 2.05) is 69.3 Å². The Morgan fingerprint density at radius 3 is 2.43 bits per heavy atom. The van der Waals surface area contributed by atoms with E-state index in [1.165, 1.54) is 0 Å². The number of alkyl carbamates (subject to hydrolysis) is 1. The molecule has 0 unspecified atom stereocenters. The summed E-state index contributed by atoms with van der Waals surface area (Å²) in [6.45, 7) is 5.93. The Labute approximate surface area is 126 Å².